The van der Waals surface area contributed by atoms with E-state index < -0.39 is 23.6 Å². The highest BCUT2D eigenvalue weighted by Gasteiger charge is 2.23. The Morgan fingerprint density at radius 2 is 1.50 bits per heavy atom. The molecule has 0 heterocycles. The van der Waals surface area contributed by atoms with Gasteiger partial charge < -0.3 is 40.5 Å². The molecule has 2 amide bonds. The number of hydrogen-bond donors (Lipinski definition) is 3. The van der Waals surface area contributed by atoms with Gasteiger partial charge in [-0.1, -0.05) is 36.4 Å². The van der Waals surface area contributed by atoms with Gasteiger partial charge in [-0.3, -0.25) is 4.79 Å². The largest absolute Gasteiger partial charge is 0.495 e. The summed E-state index contributed by atoms with van der Waals surface area (Å²) in [6.45, 7) is 5.26. The Bertz CT molecular complexity index is 1470. The fraction of sp³-hybridized carbons (Fsp3) is 0.303. The first-order valence-corrected chi connectivity index (χ1v) is 13.5. The maximum Gasteiger partial charge on any atom is 0.408 e. The number of nitrogen functional groups attached to an aromatic ring is 1. The number of allylic oxidation sites excluding steroid dienone is 1. The number of primary amides is 1. The van der Waals surface area contributed by atoms with Crippen molar-refractivity contribution in [2.75, 3.05) is 34.2 Å². The van der Waals surface area contributed by atoms with Gasteiger partial charge in [0.15, 0.2) is 11.5 Å². The predicted molar refractivity (Wildman–Crippen MR) is 169 cm³/mol. The summed E-state index contributed by atoms with van der Waals surface area (Å²) in [5.74, 6) is 1.43. The van der Waals surface area contributed by atoms with Gasteiger partial charge in [-0.25, -0.2) is 4.79 Å². The van der Waals surface area contributed by atoms with Crippen LogP contribution in [0.2, 0.25) is 0 Å². The number of nitrogens with zero attached hydrogens (tertiary/aromatic N) is 1. The number of anilines is 1. The van der Waals surface area contributed by atoms with E-state index in [0.717, 1.165) is 11.1 Å². The van der Waals surface area contributed by atoms with Gasteiger partial charge in [-0.15, -0.1) is 0 Å². The van der Waals surface area contributed by atoms with Crippen LogP contribution in [-0.2, 0) is 16.0 Å². The van der Waals surface area contributed by atoms with Crippen LogP contribution in [0.3, 0.4) is 0 Å². The van der Waals surface area contributed by atoms with E-state index in [1.54, 1.807) is 58.2 Å². The smallest absolute Gasteiger partial charge is 0.408 e. The van der Waals surface area contributed by atoms with E-state index in [9.17, 15) is 14.9 Å². The molecule has 3 rings (SSSR count). The molecule has 1 atom stereocenters. The number of nitriles is 1. The highest BCUT2D eigenvalue weighted by Crippen LogP contribution is 2.40. The third-order valence-corrected chi connectivity index (χ3v) is 5.98. The molecule has 0 saturated heterocycles. The van der Waals surface area contributed by atoms with Crippen molar-refractivity contribution in [3.63, 3.8) is 0 Å². The van der Waals surface area contributed by atoms with Crippen molar-refractivity contribution in [2.24, 2.45) is 5.73 Å². The molecule has 5 N–H and O–H groups in total. The van der Waals surface area contributed by atoms with E-state index in [0.29, 0.717) is 46.2 Å². The Morgan fingerprint density at radius 3 is 1.95 bits per heavy atom. The van der Waals surface area contributed by atoms with Crippen LogP contribution in [0.5, 0.6) is 23.0 Å². The minimum Gasteiger partial charge on any atom is -0.495 e. The predicted octanol–water partition coefficient (Wildman–Crippen LogP) is 4.98. The summed E-state index contributed by atoms with van der Waals surface area (Å²) in [7, 11) is 6.14. The monoisotopic (exact) mass is 604 g/mol. The van der Waals surface area contributed by atoms with Crippen molar-refractivity contribution in [2.45, 2.75) is 38.8 Å². The minimum atomic E-state index is -0.780. The van der Waals surface area contributed by atoms with E-state index in [1.807, 2.05) is 36.4 Å². The van der Waals surface area contributed by atoms with Crippen LogP contribution in [0.4, 0.5) is 10.5 Å². The average molecular weight is 605 g/mol. The number of nitrogens with two attached hydrogens (primary N) is 2. The van der Waals surface area contributed by atoms with Crippen LogP contribution >= 0.6 is 0 Å². The zero-order valence-electron chi connectivity index (χ0n) is 26.1. The molecule has 0 aliphatic heterocycles. The molecule has 0 fully saturated rings. The van der Waals surface area contributed by atoms with Crippen molar-refractivity contribution in [3.05, 3.63) is 77.4 Å². The van der Waals surface area contributed by atoms with Gasteiger partial charge >= 0.3 is 6.09 Å². The number of ether oxygens (including phenoxy) is 5. The topological polar surface area (TPSA) is 168 Å². The molecule has 234 valence electrons. The number of benzene rings is 3. The molecule has 11 nitrogen and oxygen atoms in total. The summed E-state index contributed by atoms with van der Waals surface area (Å²) in [6.07, 6.45) is 1.43. The molecule has 11 heteroatoms. The lowest BCUT2D eigenvalue weighted by atomic mass is 10.0. The number of methoxy groups -OCH3 is 4. The number of carbonyl (C=O) groups excluding carboxylic acids is 2. The van der Waals surface area contributed by atoms with Gasteiger partial charge in [-0.05, 0) is 67.8 Å². The Kier molecular flexibility index (Phi) is 12.9. The Morgan fingerprint density at radius 1 is 0.909 bits per heavy atom. The minimum absolute atomic E-state index is 0.343. The standard InChI is InChI=1S/C19H20N2O4.C14H20N2O3/c1-22-16-6-5-12(8-15(16)21)7-14(11-20)13-9-17(23-2)19(25-4)18(10-13)24-3;1-14(2,3)19-13(18)16-11(12(15)17)9-10-7-5-4-6-8-10/h5-10H,21H2,1-4H3;4-8,11H,9H2,1-3H3,(H2,15,17)(H,16,18)/b14-7-;/t;11-/m.0/s1. The zero-order chi connectivity index (χ0) is 32.9. The van der Waals surface area contributed by atoms with E-state index in [1.165, 1.54) is 21.3 Å². The molecular weight excluding hydrogens is 564 g/mol. The van der Waals surface area contributed by atoms with E-state index in [4.69, 9.17) is 35.2 Å². The number of alkyl carbamates (subject to hydrolysis) is 1. The molecule has 44 heavy (non-hydrogen) atoms. The second kappa shape index (κ2) is 16.3. The molecule has 3 aromatic rings. The SMILES string of the molecule is CC(C)(C)OC(=O)N[C@@H](Cc1ccccc1)C(N)=O.COc1ccc(/C=C(/C#N)c2cc(OC)c(OC)c(OC)c2)cc1N. The van der Waals surface area contributed by atoms with Crippen LogP contribution in [0.15, 0.2) is 60.7 Å². The molecule has 0 bridgehead atoms. The first-order chi connectivity index (χ1) is 20.8. The third kappa shape index (κ3) is 10.5. The maximum absolute atomic E-state index is 11.6. The fourth-order valence-corrected chi connectivity index (χ4v) is 3.95. The van der Waals surface area contributed by atoms with Crippen molar-refractivity contribution >= 4 is 29.3 Å². The van der Waals surface area contributed by atoms with E-state index in [2.05, 4.69) is 11.4 Å². The maximum atomic E-state index is 11.6. The molecule has 0 aromatic heterocycles. The van der Waals surface area contributed by atoms with Gasteiger partial charge in [0.25, 0.3) is 0 Å². The molecule has 0 radical (unpaired) electrons. The Hall–Kier alpha value is -5.37. The quantitative estimate of drug-likeness (QED) is 0.164. The Balaban J connectivity index is 0.000000319. The van der Waals surface area contributed by atoms with Crippen LogP contribution in [-0.4, -0.2) is 52.1 Å². The van der Waals surface area contributed by atoms with Gasteiger partial charge in [0.05, 0.1) is 45.8 Å². The number of nitrogens with one attached hydrogen (secondary N) is 1. The van der Waals surface area contributed by atoms with Crippen molar-refractivity contribution in [1.82, 2.24) is 5.32 Å². The average Bonchev–Trinajstić information content (AvgIpc) is 2.98. The van der Waals surface area contributed by atoms with E-state index >= 15 is 0 Å². The van der Waals surface area contributed by atoms with Crippen molar-refractivity contribution in [3.8, 4) is 29.1 Å². The summed E-state index contributed by atoms with van der Waals surface area (Å²) in [5, 5.41) is 12.1. The molecule has 0 aliphatic carbocycles. The normalized spacial score (nSPS) is 11.5. The first-order valence-electron chi connectivity index (χ1n) is 13.5. The second-order valence-electron chi connectivity index (χ2n) is 10.4. The lowest BCUT2D eigenvalue weighted by Gasteiger charge is -2.22. The number of carbonyl (C=O) groups is 2. The van der Waals surface area contributed by atoms with E-state index in [-0.39, 0.29) is 0 Å². The highest BCUT2D eigenvalue weighted by atomic mass is 16.6. The summed E-state index contributed by atoms with van der Waals surface area (Å²) < 4.78 is 26.2. The molecular formula is C33H40N4O7. The zero-order valence-corrected chi connectivity index (χ0v) is 26.1. The molecule has 0 aliphatic rings. The molecule has 3 aromatic carbocycles. The van der Waals surface area contributed by atoms with Gasteiger partial charge in [-0.2, -0.15) is 5.26 Å². The molecule has 0 saturated carbocycles. The highest BCUT2D eigenvalue weighted by molar-refractivity contribution is 5.91. The molecule has 0 unspecified atom stereocenters. The lowest BCUT2D eigenvalue weighted by Crippen LogP contribution is -2.47. The summed E-state index contributed by atoms with van der Waals surface area (Å²) in [4.78, 5) is 23.0. The first kappa shape index (κ1) is 34.8. The van der Waals surface area contributed by atoms with Crippen LogP contribution in [0.25, 0.3) is 11.6 Å². The number of rotatable bonds is 10. The fourth-order valence-electron chi connectivity index (χ4n) is 3.95. The van der Waals surface area contributed by atoms with Crippen LogP contribution in [0, 0.1) is 11.3 Å². The van der Waals surface area contributed by atoms with Gasteiger partial charge in [0.2, 0.25) is 11.7 Å². The Labute approximate surface area is 258 Å². The lowest BCUT2D eigenvalue weighted by molar-refractivity contribution is -0.120. The van der Waals surface area contributed by atoms with Gasteiger partial charge in [0.1, 0.15) is 17.4 Å². The third-order valence-electron chi connectivity index (χ3n) is 5.98. The van der Waals surface area contributed by atoms with Crippen molar-refractivity contribution < 1.29 is 33.3 Å². The number of hydrogen-bond acceptors (Lipinski definition) is 9. The number of amides is 2. The van der Waals surface area contributed by atoms with Gasteiger partial charge in [0, 0.05) is 6.42 Å². The summed E-state index contributed by atoms with van der Waals surface area (Å²) >= 11 is 0. The molecule has 0 spiro atoms. The van der Waals surface area contributed by atoms with Crippen molar-refractivity contribution in [1.29, 1.82) is 5.26 Å². The van der Waals surface area contributed by atoms with Crippen LogP contribution in [0.1, 0.15) is 37.5 Å². The second-order valence-corrected chi connectivity index (χ2v) is 10.4. The van der Waals surface area contributed by atoms with Crippen LogP contribution < -0.4 is 35.7 Å². The summed E-state index contributed by atoms with van der Waals surface area (Å²) in [6, 6.07) is 19.5. The summed E-state index contributed by atoms with van der Waals surface area (Å²) in [5.41, 5.74) is 13.9.